The molecule has 1 unspecified atom stereocenters. The number of carbonyl (C=O) groups is 1. The van der Waals surface area contributed by atoms with Crippen LogP contribution < -0.4 is 16.1 Å². The van der Waals surface area contributed by atoms with Crippen LogP contribution in [0.1, 0.15) is 48.1 Å². The Morgan fingerprint density at radius 1 is 1.47 bits per heavy atom. The highest BCUT2D eigenvalue weighted by Gasteiger charge is 2.41. The highest BCUT2D eigenvalue weighted by molar-refractivity contribution is 6.00. The molecule has 1 aromatic carbocycles. The molecule has 160 valence electrons. The first kappa shape index (κ1) is 20.3. The molecule has 0 amide bonds. The van der Waals surface area contributed by atoms with E-state index in [1.165, 1.54) is 11.5 Å². The molecule has 1 atom stereocenters. The summed E-state index contributed by atoms with van der Waals surface area (Å²) < 4.78 is 17.0. The normalized spacial score (nSPS) is 21.4. The van der Waals surface area contributed by atoms with E-state index in [0.29, 0.717) is 38.9 Å². The zero-order valence-electron chi connectivity index (χ0n) is 16.8. The van der Waals surface area contributed by atoms with Crippen LogP contribution >= 0.6 is 0 Å². The van der Waals surface area contributed by atoms with E-state index in [1.807, 2.05) is 6.92 Å². The second kappa shape index (κ2) is 6.76. The van der Waals surface area contributed by atoms with Crippen molar-refractivity contribution < 1.29 is 19.2 Å². The molecule has 1 saturated heterocycles. The fraction of sp³-hybridized carbons (Fsp3) is 0.500. The number of aryl methyl sites for hydroxylation is 1. The van der Waals surface area contributed by atoms with E-state index in [1.54, 1.807) is 4.90 Å². The first-order valence-electron chi connectivity index (χ1n) is 9.83. The molecule has 3 N–H and O–H groups in total. The number of pyridine rings is 1. The van der Waals surface area contributed by atoms with E-state index in [0.717, 1.165) is 6.20 Å². The quantitative estimate of drug-likeness (QED) is 0.563. The Balaban J connectivity index is 2.12. The summed E-state index contributed by atoms with van der Waals surface area (Å²) in [5.41, 5.74) is 3.40. The van der Waals surface area contributed by atoms with Crippen LogP contribution in [0.4, 0.5) is 15.8 Å². The van der Waals surface area contributed by atoms with Gasteiger partial charge in [-0.3, -0.25) is 14.9 Å². The number of fused-ring (bicyclic) bond motifs is 1. The van der Waals surface area contributed by atoms with Crippen molar-refractivity contribution >= 4 is 28.2 Å². The smallest absolute Gasteiger partial charge is 0.341 e. The van der Waals surface area contributed by atoms with Gasteiger partial charge in [0, 0.05) is 30.9 Å². The van der Waals surface area contributed by atoms with Gasteiger partial charge in [0.2, 0.25) is 5.43 Å². The molecular weight excluding hydrogens is 395 g/mol. The first-order valence-corrected chi connectivity index (χ1v) is 9.83. The van der Waals surface area contributed by atoms with Gasteiger partial charge < -0.3 is 20.3 Å². The van der Waals surface area contributed by atoms with Crippen molar-refractivity contribution in [1.29, 1.82) is 0 Å². The van der Waals surface area contributed by atoms with Crippen molar-refractivity contribution in [1.82, 2.24) is 4.57 Å². The fourth-order valence-electron chi connectivity index (χ4n) is 4.36. The van der Waals surface area contributed by atoms with E-state index in [-0.39, 0.29) is 33.6 Å². The number of anilines is 1. The fourth-order valence-corrected chi connectivity index (χ4v) is 4.36. The lowest BCUT2D eigenvalue weighted by Gasteiger charge is -2.25. The van der Waals surface area contributed by atoms with Gasteiger partial charge in [0.1, 0.15) is 11.1 Å². The Labute approximate surface area is 171 Å². The van der Waals surface area contributed by atoms with Crippen molar-refractivity contribution in [3.8, 4) is 0 Å². The largest absolute Gasteiger partial charge is 0.477 e. The number of aromatic carboxylic acids is 1. The van der Waals surface area contributed by atoms with Crippen LogP contribution in [0.2, 0.25) is 0 Å². The summed E-state index contributed by atoms with van der Waals surface area (Å²) in [5.74, 6) is -2.31. The second-order valence-electron chi connectivity index (χ2n) is 8.62. The summed E-state index contributed by atoms with van der Waals surface area (Å²) in [6.07, 6.45) is 3.22. The average molecular weight is 418 g/mol. The minimum atomic E-state index is -1.44. The van der Waals surface area contributed by atoms with Crippen LogP contribution in [0.5, 0.6) is 0 Å². The molecule has 10 heteroatoms. The van der Waals surface area contributed by atoms with E-state index in [2.05, 4.69) is 0 Å². The van der Waals surface area contributed by atoms with E-state index in [9.17, 15) is 24.8 Å². The number of aromatic nitrogens is 1. The molecule has 1 aromatic heterocycles. The van der Waals surface area contributed by atoms with Crippen LogP contribution in [-0.2, 0) is 0 Å². The van der Waals surface area contributed by atoms with Crippen molar-refractivity contribution in [2.24, 2.45) is 11.1 Å². The zero-order valence-corrected chi connectivity index (χ0v) is 16.8. The number of benzene rings is 1. The molecule has 2 aliphatic rings. The Kier molecular flexibility index (Phi) is 4.57. The number of nitro groups is 1. The third-order valence-corrected chi connectivity index (χ3v) is 6.32. The summed E-state index contributed by atoms with van der Waals surface area (Å²) in [4.78, 5) is 37.6. The Morgan fingerprint density at radius 2 is 2.13 bits per heavy atom. The number of carboxylic acid groups (broad SMARTS) is 1. The maximum Gasteiger partial charge on any atom is 0.341 e. The van der Waals surface area contributed by atoms with Gasteiger partial charge in [-0.2, -0.15) is 0 Å². The molecule has 2 heterocycles. The number of halogens is 1. The number of hydrogen-bond donors (Lipinski definition) is 2. The molecule has 1 aliphatic carbocycles. The molecule has 2 fully saturated rings. The monoisotopic (exact) mass is 418 g/mol. The minimum absolute atomic E-state index is 0.00671. The first-order chi connectivity index (χ1) is 14.1. The lowest BCUT2D eigenvalue weighted by molar-refractivity contribution is -0.382. The predicted molar refractivity (Wildman–Crippen MR) is 109 cm³/mol. The zero-order chi connectivity index (χ0) is 22.0. The van der Waals surface area contributed by atoms with Gasteiger partial charge in [0.05, 0.1) is 10.3 Å². The topological polar surface area (TPSA) is 132 Å². The summed E-state index contributed by atoms with van der Waals surface area (Å²) in [6, 6.07) is -0.157. The van der Waals surface area contributed by atoms with E-state index >= 15 is 4.39 Å². The van der Waals surface area contributed by atoms with Crippen LogP contribution in [-0.4, -0.2) is 40.2 Å². The Hall–Kier alpha value is -3.01. The lowest BCUT2D eigenvalue weighted by Crippen LogP contribution is -2.32. The van der Waals surface area contributed by atoms with E-state index in [4.69, 9.17) is 5.73 Å². The number of nitro benzene ring substituents is 1. The van der Waals surface area contributed by atoms with Crippen LogP contribution in [0.3, 0.4) is 0 Å². The van der Waals surface area contributed by atoms with Gasteiger partial charge >= 0.3 is 11.7 Å². The number of rotatable bonds is 5. The number of hydrogen-bond acceptors (Lipinski definition) is 6. The lowest BCUT2D eigenvalue weighted by atomic mass is 9.90. The standard InChI is InChI=1S/C20H23FN4O5/c1-10-13-15(24(11-3-4-11)7-12(18(13)26)19(27)28)17(25(29)30)16(14(10)21)23-6-5-20(2,8-22)9-23/h7,11H,3-6,8-9,22H2,1-2H3,(H,27,28). The van der Waals surface area contributed by atoms with Crippen molar-refractivity contribution in [3.63, 3.8) is 0 Å². The van der Waals surface area contributed by atoms with Crippen molar-refractivity contribution in [2.75, 3.05) is 24.5 Å². The van der Waals surface area contributed by atoms with Gasteiger partial charge in [0.25, 0.3) is 0 Å². The molecule has 1 aliphatic heterocycles. The summed E-state index contributed by atoms with van der Waals surface area (Å²) in [7, 11) is 0. The molecule has 30 heavy (non-hydrogen) atoms. The maximum atomic E-state index is 15.5. The van der Waals surface area contributed by atoms with Gasteiger partial charge in [-0.15, -0.1) is 0 Å². The van der Waals surface area contributed by atoms with Crippen LogP contribution in [0.25, 0.3) is 10.9 Å². The third kappa shape index (κ3) is 2.94. The highest BCUT2D eigenvalue weighted by atomic mass is 19.1. The summed E-state index contributed by atoms with van der Waals surface area (Å²) in [5, 5.41) is 21.4. The maximum absolute atomic E-state index is 15.5. The molecule has 0 radical (unpaired) electrons. The van der Waals surface area contributed by atoms with Crippen molar-refractivity contribution in [3.05, 3.63) is 43.5 Å². The number of carboxylic acids is 1. The number of nitrogens with zero attached hydrogens (tertiary/aromatic N) is 3. The SMILES string of the molecule is Cc1c(F)c(N2CCC(C)(CN)C2)c([N+](=O)[O-])c2c1c(=O)c(C(=O)O)cn2C1CC1. The molecule has 2 aromatic rings. The molecule has 9 nitrogen and oxygen atoms in total. The minimum Gasteiger partial charge on any atom is -0.477 e. The summed E-state index contributed by atoms with van der Waals surface area (Å²) >= 11 is 0. The molecule has 1 saturated carbocycles. The second-order valence-corrected chi connectivity index (χ2v) is 8.62. The molecule has 0 bridgehead atoms. The van der Waals surface area contributed by atoms with Gasteiger partial charge in [-0.25, -0.2) is 9.18 Å². The average Bonchev–Trinajstić information content (AvgIpc) is 3.45. The third-order valence-electron chi connectivity index (χ3n) is 6.32. The van der Waals surface area contributed by atoms with Gasteiger partial charge in [0.15, 0.2) is 11.5 Å². The van der Waals surface area contributed by atoms with E-state index < -0.39 is 33.4 Å². The summed E-state index contributed by atoms with van der Waals surface area (Å²) in [6.45, 7) is 4.43. The van der Waals surface area contributed by atoms with Gasteiger partial charge in [-0.05, 0) is 38.1 Å². The molecule has 4 rings (SSSR count). The van der Waals surface area contributed by atoms with Gasteiger partial charge in [-0.1, -0.05) is 6.92 Å². The van der Waals surface area contributed by atoms with Crippen LogP contribution in [0, 0.1) is 28.3 Å². The highest BCUT2D eigenvalue weighted by Crippen LogP contribution is 2.46. The molecular formula is C20H23FN4O5. The Morgan fingerprint density at radius 3 is 2.63 bits per heavy atom. The molecule has 0 spiro atoms. The number of nitrogens with two attached hydrogens (primary N) is 1. The Bertz CT molecular complexity index is 1160. The van der Waals surface area contributed by atoms with Crippen molar-refractivity contribution in [2.45, 2.75) is 39.2 Å². The van der Waals surface area contributed by atoms with Crippen LogP contribution in [0.15, 0.2) is 11.0 Å². The predicted octanol–water partition coefficient (Wildman–Crippen LogP) is 2.57.